The van der Waals surface area contributed by atoms with E-state index in [4.69, 9.17) is 51.1 Å². The molecule has 0 heterocycles. The minimum Gasteiger partial charge on any atom is -0.495 e. The molecule has 2 aromatic rings. The van der Waals surface area contributed by atoms with Gasteiger partial charge in [-0.3, -0.25) is 0 Å². The summed E-state index contributed by atoms with van der Waals surface area (Å²) in [5, 5.41) is 11.8. The first-order valence-electron chi connectivity index (χ1n) is 5.60. The molecule has 0 amide bonds. The summed E-state index contributed by atoms with van der Waals surface area (Å²) in [7, 11) is 1.49. The number of benzene rings is 2. The highest BCUT2D eigenvalue weighted by molar-refractivity contribution is 6.42. The minimum absolute atomic E-state index is 0.282. The van der Waals surface area contributed by atoms with Crippen LogP contribution in [0.1, 0.15) is 17.2 Å². The molecular weight excluding hydrogens is 342 g/mol. The molecule has 0 aromatic heterocycles. The van der Waals surface area contributed by atoms with Crippen LogP contribution in [-0.2, 0) is 0 Å². The van der Waals surface area contributed by atoms with Crippen LogP contribution in [0.2, 0.25) is 20.1 Å². The summed E-state index contributed by atoms with van der Waals surface area (Å²) >= 11 is 24.2. The second kappa shape index (κ2) is 6.42. The lowest BCUT2D eigenvalue weighted by Crippen LogP contribution is -2.02. The Balaban J connectivity index is 2.51. The number of hydrogen-bond donors (Lipinski definition) is 1. The summed E-state index contributed by atoms with van der Waals surface area (Å²) in [4.78, 5) is 0. The summed E-state index contributed by atoms with van der Waals surface area (Å²) < 4.78 is 5.06. The van der Waals surface area contributed by atoms with Gasteiger partial charge in [-0.1, -0.05) is 58.5 Å². The maximum Gasteiger partial charge on any atom is 0.138 e. The zero-order chi connectivity index (χ0) is 14.9. The highest BCUT2D eigenvalue weighted by atomic mass is 35.5. The van der Waals surface area contributed by atoms with Gasteiger partial charge in [-0.05, 0) is 12.1 Å². The van der Waals surface area contributed by atoms with Gasteiger partial charge in [0.2, 0.25) is 0 Å². The molecule has 0 fully saturated rings. The van der Waals surface area contributed by atoms with Gasteiger partial charge in [0.1, 0.15) is 11.9 Å². The van der Waals surface area contributed by atoms with Crippen molar-refractivity contribution in [1.82, 2.24) is 0 Å². The summed E-state index contributed by atoms with van der Waals surface area (Å²) in [6, 6.07) is 8.10. The first kappa shape index (κ1) is 15.7. The highest BCUT2D eigenvalue weighted by Crippen LogP contribution is 2.39. The van der Waals surface area contributed by atoms with Crippen LogP contribution in [0.4, 0.5) is 0 Å². The molecule has 0 radical (unpaired) electrons. The molecule has 0 aliphatic carbocycles. The zero-order valence-corrected chi connectivity index (χ0v) is 13.4. The molecule has 1 atom stereocenters. The van der Waals surface area contributed by atoms with Crippen LogP contribution < -0.4 is 4.74 Å². The number of ether oxygens (including phenoxy) is 1. The van der Waals surface area contributed by atoms with Crippen molar-refractivity contribution in [3.63, 3.8) is 0 Å². The van der Waals surface area contributed by atoms with Crippen molar-refractivity contribution in [3.05, 3.63) is 61.5 Å². The van der Waals surface area contributed by atoms with Gasteiger partial charge in [0.05, 0.1) is 27.2 Å². The van der Waals surface area contributed by atoms with E-state index in [1.54, 1.807) is 30.3 Å². The third kappa shape index (κ3) is 3.00. The predicted molar refractivity (Wildman–Crippen MR) is 83.5 cm³/mol. The largest absolute Gasteiger partial charge is 0.495 e. The van der Waals surface area contributed by atoms with Gasteiger partial charge >= 0.3 is 0 Å². The average molecular weight is 352 g/mol. The standard InChI is InChI=1S/C14H10Cl4O2/c1-20-12-6-10(16)8(5-11(12)17)14(19)7-3-2-4-9(15)13(7)18/h2-6,14,19H,1H3. The van der Waals surface area contributed by atoms with E-state index in [0.29, 0.717) is 31.9 Å². The fourth-order valence-corrected chi connectivity index (χ4v) is 2.73. The highest BCUT2D eigenvalue weighted by Gasteiger charge is 2.20. The molecule has 0 aliphatic rings. The van der Waals surface area contributed by atoms with Crippen LogP contribution in [0.3, 0.4) is 0 Å². The van der Waals surface area contributed by atoms with Gasteiger partial charge in [-0.25, -0.2) is 0 Å². The average Bonchev–Trinajstić information content (AvgIpc) is 2.43. The third-order valence-corrected chi connectivity index (χ3v) is 4.30. The Labute approximate surface area is 136 Å². The van der Waals surface area contributed by atoms with Gasteiger partial charge in [-0.15, -0.1) is 0 Å². The molecule has 6 heteroatoms. The van der Waals surface area contributed by atoms with Crippen molar-refractivity contribution in [2.24, 2.45) is 0 Å². The van der Waals surface area contributed by atoms with Crippen molar-refractivity contribution in [1.29, 1.82) is 0 Å². The fourth-order valence-electron chi connectivity index (χ4n) is 1.81. The van der Waals surface area contributed by atoms with E-state index in [1.165, 1.54) is 7.11 Å². The molecule has 20 heavy (non-hydrogen) atoms. The predicted octanol–water partition coefficient (Wildman–Crippen LogP) is 5.39. The molecule has 106 valence electrons. The Hall–Kier alpha value is -0.640. The van der Waals surface area contributed by atoms with E-state index >= 15 is 0 Å². The molecular formula is C14H10Cl4O2. The maximum atomic E-state index is 10.4. The van der Waals surface area contributed by atoms with Crippen molar-refractivity contribution >= 4 is 46.4 Å². The first-order chi connectivity index (χ1) is 9.45. The van der Waals surface area contributed by atoms with E-state index in [9.17, 15) is 5.11 Å². The van der Waals surface area contributed by atoms with Crippen molar-refractivity contribution in [3.8, 4) is 5.75 Å². The van der Waals surface area contributed by atoms with E-state index < -0.39 is 6.10 Å². The van der Waals surface area contributed by atoms with Crippen LogP contribution in [0.5, 0.6) is 5.75 Å². The lowest BCUT2D eigenvalue weighted by molar-refractivity contribution is 0.220. The molecule has 0 bridgehead atoms. The first-order valence-corrected chi connectivity index (χ1v) is 7.11. The molecule has 0 saturated heterocycles. The van der Waals surface area contributed by atoms with E-state index in [1.807, 2.05) is 0 Å². The third-order valence-electron chi connectivity index (χ3n) is 2.84. The topological polar surface area (TPSA) is 29.5 Å². The molecule has 0 aliphatic heterocycles. The second-order valence-electron chi connectivity index (χ2n) is 4.05. The van der Waals surface area contributed by atoms with Gasteiger partial charge in [0, 0.05) is 17.2 Å². The quantitative estimate of drug-likeness (QED) is 0.803. The van der Waals surface area contributed by atoms with Crippen molar-refractivity contribution in [2.75, 3.05) is 7.11 Å². The van der Waals surface area contributed by atoms with Crippen LogP contribution in [0, 0.1) is 0 Å². The Kier molecular flexibility index (Phi) is 5.05. The van der Waals surface area contributed by atoms with Crippen molar-refractivity contribution < 1.29 is 9.84 Å². The second-order valence-corrected chi connectivity index (χ2v) is 5.65. The molecule has 2 nitrogen and oxygen atoms in total. The SMILES string of the molecule is COc1cc(Cl)c(C(O)c2cccc(Cl)c2Cl)cc1Cl. The van der Waals surface area contributed by atoms with E-state index in [2.05, 4.69) is 0 Å². The van der Waals surface area contributed by atoms with E-state index in [0.717, 1.165) is 0 Å². The number of rotatable bonds is 3. The van der Waals surface area contributed by atoms with Crippen LogP contribution in [0.25, 0.3) is 0 Å². The number of hydrogen-bond acceptors (Lipinski definition) is 2. The number of aliphatic hydroxyl groups is 1. The molecule has 2 rings (SSSR count). The molecule has 0 spiro atoms. The van der Waals surface area contributed by atoms with Gasteiger partial charge < -0.3 is 9.84 Å². The molecule has 1 N–H and O–H groups in total. The monoisotopic (exact) mass is 350 g/mol. The molecule has 2 aromatic carbocycles. The van der Waals surface area contributed by atoms with E-state index in [-0.39, 0.29) is 5.02 Å². The Morgan fingerprint density at radius 3 is 2.30 bits per heavy atom. The Bertz CT molecular complexity index is 643. The Morgan fingerprint density at radius 2 is 1.65 bits per heavy atom. The fraction of sp³-hybridized carbons (Fsp3) is 0.143. The summed E-state index contributed by atoms with van der Waals surface area (Å²) in [6.07, 6.45) is -1.03. The maximum absolute atomic E-state index is 10.4. The number of aliphatic hydroxyl groups excluding tert-OH is 1. The molecule has 0 saturated carbocycles. The van der Waals surface area contributed by atoms with Gasteiger partial charge in [0.25, 0.3) is 0 Å². The number of methoxy groups -OCH3 is 1. The Morgan fingerprint density at radius 1 is 0.950 bits per heavy atom. The van der Waals surface area contributed by atoms with Crippen LogP contribution in [0.15, 0.2) is 30.3 Å². The number of halogens is 4. The van der Waals surface area contributed by atoms with Gasteiger partial charge in [0.15, 0.2) is 0 Å². The van der Waals surface area contributed by atoms with Gasteiger partial charge in [-0.2, -0.15) is 0 Å². The van der Waals surface area contributed by atoms with Crippen molar-refractivity contribution in [2.45, 2.75) is 6.10 Å². The summed E-state index contributed by atoms with van der Waals surface area (Å²) in [6.45, 7) is 0. The van der Waals surface area contributed by atoms with Crippen LogP contribution in [-0.4, -0.2) is 12.2 Å². The summed E-state index contributed by atoms with van der Waals surface area (Å²) in [5.41, 5.74) is 0.893. The summed E-state index contributed by atoms with van der Waals surface area (Å²) in [5.74, 6) is 0.435. The lowest BCUT2D eigenvalue weighted by Gasteiger charge is -2.16. The van der Waals surface area contributed by atoms with Crippen LogP contribution >= 0.6 is 46.4 Å². The normalized spacial score (nSPS) is 12.3. The molecule has 1 unspecified atom stereocenters. The lowest BCUT2D eigenvalue weighted by atomic mass is 10.0. The zero-order valence-electron chi connectivity index (χ0n) is 10.3. The minimum atomic E-state index is -1.03. The smallest absolute Gasteiger partial charge is 0.138 e.